The number of fused-ring (bicyclic) bond motifs is 1. The third-order valence-corrected chi connectivity index (χ3v) is 4.67. The molecule has 1 aliphatic rings. The summed E-state index contributed by atoms with van der Waals surface area (Å²) in [5, 5.41) is 3.20. The highest BCUT2D eigenvalue weighted by Gasteiger charge is 2.23. The molecule has 1 heterocycles. The number of amides is 1. The summed E-state index contributed by atoms with van der Waals surface area (Å²) in [4.78, 5) is 12.9. The Morgan fingerprint density at radius 2 is 2.03 bits per heavy atom. The summed E-state index contributed by atoms with van der Waals surface area (Å²) in [5.41, 5.74) is 1.96. The lowest BCUT2D eigenvalue weighted by Gasteiger charge is -2.17. The molecule has 0 aliphatic carbocycles. The average Bonchev–Trinajstić information content (AvgIpc) is 3.02. The second-order valence-electron chi connectivity index (χ2n) is 7.13. The van der Waals surface area contributed by atoms with Gasteiger partial charge in [-0.1, -0.05) is 11.6 Å². The molecule has 0 radical (unpaired) electrons. The van der Waals surface area contributed by atoms with Crippen LogP contribution < -0.4 is 24.3 Å². The molecule has 3 rings (SSSR count). The standard InChI is InChI=1S/C22H26ClNO5/c1-6-27-19-9-14-7-13(4)29-18(14)11-17(19)24-22(25)15-8-16(23)21(28-12(2)3)20(10-15)26-5/h8-13H,6-7H2,1-5H3,(H,24,25). The normalized spacial score (nSPS) is 14.9. The number of anilines is 1. The fourth-order valence-electron chi connectivity index (χ4n) is 3.21. The molecule has 0 saturated heterocycles. The van der Waals surface area contributed by atoms with E-state index in [1.54, 1.807) is 18.2 Å². The summed E-state index contributed by atoms with van der Waals surface area (Å²) in [6, 6.07) is 6.89. The van der Waals surface area contributed by atoms with E-state index in [1.165, 1.54) is 7.11 Å². The molecule has 1 N–H and O–H groups in total. The number of hydrogen-bond acceptors (Lipinski definition) is 5. The van der Waals surface area contributed by atoms with Crippen LogP contribution >= 0.6 is 11.6 Å². The number of carbonyl (C=O) groups excluding carboxylic acids is 1. The van der Waals surface area contributed by atoms with E-state index in [9.17, 15) is 4.79 Å². The Kier molecular flexibility index (Phi) is 6.42. The van der Waals surface area contributed by atoms with Gasteiger partial charge in [0.25, 0.3) is 5.91 Å². The number of carbonyl (C=O) groups is 1. The molecule has 0 saturated carbocycles. The minimum Gasteiger partial charge on any atom is -0.493 e. The van der Waals surface area contributed by atoms with E-state index in [1.807, 2.05) is 33.8 Å². The summed E-state index contributed by atoms with van der Waals surface area (Å²) in [7, 11) is 1.51. The van der Waals surface area contributed by atoms with Gasteiger partial charge >= 0.3 is 0 Å². The first-order chi connectivity index (χ1) is 13.8. The van der Waals surface area contributed by atoms with Gasteiger partial charge in [0.1, 0.15) is 17.6 Å². The Morgan fingerprint density at radius 3 is 2.69 bits per heavy atom. The molecule has 0 fully saturated rings. The van der Waals surface area contributed by atoms with Crippen LogP contribution in [-0.2, 0) is 6.42 Å². The minimum atomic E-state index is -0.340. The smallest absolute Gasteiger partial charge is 0.255 e. The number of ether oxygens (including phenoxy) is 4. The van der Waals surface area contributed by atoms with Crippen LogP contribution in [0.15, 0.2) is 24.3 Å². The maximum Gasteiger partial charge on any atom is 0.255 e. The van der Waals surface area contributed by atoms with Gasteiger partial charge in [-0.15, -0.1) is 0 Å². The fraction of sp³-hybridized carbons (Fsp3) is 0.409. The van der Waals surface area contributed by atoms with Crippen LogP contribution in [0.3, 0.4) is 0 Å². The van der Waals surface area contributed by atoms with Gasteiger partial charge in [-0.2, -0.15) is 0 Å². The Labute approximate surface area is 176 Å². The zero-order valence-electron chi connectivity index (χ0n) is 17.3. The summed E-state index contributed by atoms with van der Waals surface area (Å²) >= 11 is 6.35. The Bertz CT molecular complexity index is 913. The molecular weight excluding hydrogens is 394 g/mol. The third kappa shape index (κ3) is 4.70. The van der Waals surface area contributed by atoms with E-state index < -0.39 is 0 Å². The van der Waals surface area contributed by atoms with Crippen LogP contribution in [-0.4, -0.2) is 31.8 Å². The predicted molar refractivity (Wildman–Crippen MR) is 113 cm³/mol. The monoisotopic (exact) mass is 419 g/mol. The maximum atomic E-state index is 12.9. The molecule has 156 valence electrons. The predicted octanol–water partition coefficient (Wildman–Crippen LogP) is 5.11. The molecule has 1 amide bonds. The lowest BCUT2D eigenvalue weighted by atomic mass is 10.1. The van der Waals surface area contributed by atoms with Crippen molar-refractivity contribution in [1.29, 1.82) is 0 Å². The summed E-state index contributed by atoms with van der Waals surface area (Å²) < 4.78 is 22.6. The van der Waals surface area contributed by atoms with E-state index in [0.717, 1.165) is 17.7 Å². The van der Waals surface area contributed by atoms with E-state index in [0.29, 0.717) is 40.1 Å². The maximum absolute atomic E-state index is 12.9. The lowest BCUT2D eigenvalue weighted by Crippen LogP contribution is -2.14. The van der Waals surface area contributed by atoms with E-state index >= 15 is 0 Å². The van der Waals surface area contributed by atoms with Crippen molar-refractivity contribution in [3.05, 3.63) is 40.4 Å². The van der Waals surface area contributed by atoms with Crippen molar-refractivity contribution >= 4 is 23.2 Å². The second kappa shape index (κ2) is 8.82. The van der Waals surface area contributed by atoms with E-state index in [4.69, 9.17) is 30.5 Å². The molecule has 0 aromatic heterocycles. The summed E-state index contributed by atoms with van der Waals surface area (Å²) in [6.45, 7) is 8.17. The van der Waals surface area contributed by atoms with Crippen molar-refractivity contribution in [2.45, 2.75) is 46.3 Å². The second-order valence-corrected chi connectivity index (χ2v) is 7.54. The van der Waals surface area contributed by atoms with Gasteiger partial charge in [0.15, 0.2) is 11.5 Å². The largest absolute Gasteiger partial charge is 0.493 e. The lowest BCUT2D eigenvalue weighted by molar-refractivity contribution is 0.102. The molecule has 0 bridgehead atoms. The zero-order chi connectivity index (χ0) is 21.1. The molecule has 29 heavy (non-hydrogen) atoms. The van der Waals surface area contributed by atoms with Crippen molar-refractivity contribution in [1.82, 2.24) is 0 Å². The Balaban J connectivity index is 1.90. The van der Waals surface area contributed by atoms with Gasteiger partial charge in [0.2, 0.25) is 0 Å². The van der Waals surface area contributed by atoms with Crippen molar-refractivity contribution in [3.8, 4) is 23.0 Å². The van der Waals surface area contributed by atoms with Crippen molar-refractivity contribution in [3.63, 3.8) is 0 Å². The van der Waals surface area contributed by atoms with Crippen LogP contribution in [0.4, 0.5) is 5.69 Å². The fourth-order valence-corrected chi connectivity index (χ4v) is 3.46. The molecule has 1 unspecified atom stereocenters. The molecule has 2 aromatic carbocycles. The summed E-state index contributed by atoms with van der Waals surface area (Å²) in [5.74, 6) is 1.83. The first-order valence-corrected chi connectivity index (χ1v) is 10.0. The molecular formula is C22H26ClNO5. The third-order valence-electron chi connectivity index (χ3n) is 4.39. The minimum absolute atomic E-state index is 0.0800. The van der Waals surface area contributed by atoms with Gasteiger partial charge in [-0.05, 0) is 45.9 Å². The Morgan fingerprint density at radius 1 is 1.28 bits per heavy atom. The first kappa shape index (κ1) is 21.1. The zero-order valence-corrected chi connectivity index (χ0v) is 18.1. The molecule has 7 heteroatoms. The Hall–Kier alpha value is -2.60. The van der Waals surface area contributed by atoms with Crippen LogP contribution in [0.5, 0.6) is 23.0 Å². The highest BCUT2D eigenvalue weighted by Crippen LogP contribution is 2.40. The number of hydrogen-bond donors (Lipinski definition) is 1. The number of halogens is 1. The van der Waals surface area contributed by atoms with Crippen LogP contribution in [0.25, 0.3) is 0 Å². The number of methoxy groups -OCH3 is 1. The summed E-state index contributed by atoms with van der Waals surface area (Å²) in [6.07, 6.45) is 0.832. The van der Waals surface area contributed by atoms with Gasteiger partial charge < -0.3 is 24.3 Å². The van der Waals surface area contributed by atoms with Crippen molar-refractivity contribution in [2.75, 3.05) is 19.0 Å². The number of rotatable bonds is 7. The number of benzene rings is 2. The molecule has 2 aromatic rings. The van der Waals surface area contributed by atoms with Gasteiger partial charge in [0, 0.05) is 23.6 Å². The highest BCUT2D eigenvalue weighted by atomic mass is 35.5. The van der Waals surface area contributed by atoms with Crippen molar-refractivity contribution < 1.29 is 23.7 Å². The quantitative estimate of drug-likeness (QED) is 0.675. The van der Waals surface area contributed by atoms with E-state index in [2.05, 4.69) is 5.32 Å². The van der Waals surface area contributed by atoms with Gasteiger partial charge in [0.05, 0.1) is 30.5 Å². The number of nitrogens with one attached hydrogen (secondary N) is 1. The van der Waals surface area contributed by atoms with E-state index in [-0.39, 0.29) is 18.1 Å². The first-order valence-electron chi connectivity index (χ1n) is 9.64. The average molecular weight is 420 g/mol. The van der Waals surface area contributed by atoms with Crippen molar-refractivity contribution in [2.24, 2.45) is 0 Å². The van der Waals surface area contributed by atoms with Gasteiger partial charge in [-0.25, -0.2) is 0 Å². The van der Waals surface area contributed by atoms with Crippen LogP contribution in [0.1, 0.15) is 43.6 Å². The topological polar surface area (TPSA) is 66.0 Å². The van der Waals surface area contributed by atoms with Gasteiger partial charge in [-0.3, -0.25) is 4.79 Å². The van der Waals surface area contributed by atoms with Crippen LogP contribution in [0.2, 0.25) is 5.02 Å². The SMILES string of the molecule is CCOc1cc2c(cc1NC(=O)c1cc(Cl)c(OC(C)C)c(OC)c1)OC(C)C2. The molecule has 6 nitrogen and oxygen atoms in total. The molecule has 1 aliphatic heterocycles. The van der Waals surface area contributed by atoms with Crippen LogP contribution in [0, 0.1) is 0 Å². The molecule has 0 spiro atoms. The molecule has 1 atom stereocenters. The highest BCUT2D eigenvalue weighted by molar-refractivity contribution is 6.32.